The average molecular weight is 360 g/mol. The maximum atomic E-state index is 7.10. The zero-order valence-corrected chi connectivity index (χ0v) is 15.8. The van der Waals surface area contributed by atoms with Gasteiger partial charge in [-0.1, -0.05) is 12.1 Å². The molecule has 0 bridgehead atoms. The van der Waals surface area contributed by atoms with Crippen LogP contribution in [-0.4, -0.2) is 40.7 Å². The Morgan fingerprint density at radius 1 is 1.30 bits per heavy atom. The summed E-state index contributed by atoms with van der Waals surface area (Å²) >= 11 is 0. The molecule has 3 heterocycles. The number of hydrogen-bond acceptors (Lipinski definition) is 4. The van der Waals surface area contributed by atoms with Crippen LogP contribution in [0.4, 0.5) is 11.6 Å². The zero-order chi connectivity index (χ0) is 18.8. The number of pyridine rings is 1. The highest BCUT2D eigenvalue weighted by molar-refractivity contribution is 5.80. The quantitative estimate of drug-likeness (QED) is 0.723. The molecule has 4 rings (SSSR count). The molecule has 6 heteroatoms. The van der Waals surface area contributed by atoms with Crippen molar-refractivity contribution in [3.05, 3.63) is 59.2 Å². The first-order valence-electron chi connectivity index (χ1n) is 9.39. The SMILES string of the molecule is [C-]#[N+]c1ccc(Cn2c(N3CCC[C@H](NC)C3)nc3cc(C)ccc32)nc1. The van der Waals surface area contributed by atoms with Crippen LogP contribution in [0.15, 0.2) is 36.5 Å². The van der Waals surface area contributed by atoms with Crippen molar-refractivity contribution in [1.82, 2.24) is 19.9 Å². The Labute approximate surface area is 159 Å². The van der Waals surface area contributed by atoms with Crippen LogP contribution in [0.3, 0.4) is 0 Å². The Balaban J connectivity index is 1.75. The van der Waals surface area contributed by atoms with Gasteiger partial charge in [0, 0.05) is 25.3 Å². The average Bonchev–Trinajstić information content (AvgIpc) is 3.06. The fraction of sp³-hybridized carbons (Fsp3) is 0.381. The predicted molar refractivity (Wildman–Crippen MR) is 108 cm³/mol. The van der Waals surface area contributed by atoms with Gasteiger partial charge in [-0.25, -0.2) is 9.83 Å². The molecule has 3 aromatic rings. The molecule has 1 aliphatic rings. The fourth-order valence-electron chi connectivity index (χ4n) is 3.76. The minimum atomic E-state index is 0.491. The van der Waals surface area contributed by atoms with Gasteiger partial charge in [0.1, 0.15) is 0 Å². The van der Waals surface area contributed by atoms with Gasteiger partial charge in [-0.05, 0) is 50.6 Å². The van der Waals surface area contributed by atoms with Crippen LogP contribution >= 0.6 is 0 Å². The fourth-order valence-corrected chi connectivity index (χ4v) is 3.76. The van der Waals surface area contributed by atoms with Gasteiger partial charge in [0.25, 0.3) is 0 Å². The number of aromatic nitrogens is 3. The molecular formula is C21H24N6. The second-order valence-electron chi connectivity index (χ2n) is 7.18. The van der Waals surface area contributed by atoms with Gasteiger partial charge in [0.15, 0.2) is 0 Å². The van der Waals surface area contributed by atoms with Gasteiger partial charge in [0.05, 0.1) is 29.8 Å². The predicted octanol–water partition coefficient (Wildman–Crippen LogP) is 3.53. The van der Waals surface area contributed by atoms with Gasteiger partial charge in [-0.2, -0.15) is 0 Å². The van der Waals surface area contributed by atoms with E-state index in [-0.39, 0.29) is 0 Å². The minimum Gasteiger partial charge on any atom is -0.341 e. The van der Waals surface area contributed by atoms with Crippen molar-refractivity contribution in [3.63, 3.8) is 0 Å². The monoisotopic (exact) mass is 360 g/mol. The molecule has 1 saturated heterocycles. The Kier molecular flexibility index (Phi) is 4.78. The van der Waals surface area contributed by atoms with Crippen LogP contribution in [-0.2, 0) is 6.54 Å². The van der Waals surface area contributed by atoms with Gasteiger partial charge in [-0.15, -0.1) is 0 Å². The minimum absolute atomic E-state index is 0.491. The van der Waals surface area contributed by atoms with Crippen molar-refractivity contribution >= 4 is 22.7 Å². The summed E-state index contributed by atoms with van der Waals surface area (Å²) in [6.07, 6.45) is 4.00. The molecule has 1 aliphatic heterocycles. The number of benzene rings is 1. The number of rotatable bonds is 4. The highest BCUT2D eigenvalue weighted by Crippen LogP contribution is 2.27. The van der Waals surface area contributed by atoms with Crippen LogP contribution in [0.1, 0.15) is 24.1 Å². The van der Waals surface area contributed by atoms with Crippen LogP contribution in [0.5, 0.6) is 0 Å². The smallest absolute Gasteiger partial charge is 0.206 e. The maximum absolute atomic E-state index is 7.10. The molecule has 2 aromatic heterocycles. The van der Waals surface area contributed by atoms with Crippen molar-refractivity contribution < 1.29 is 0 Å². The highest BCUT2D eigenvalue weighted by Gasteiger charge is 2.24. The molecule has 1 aromatic carbocycles. The zero-order valence-electron chi connectivity index (χ0n) is 15.8. The third-order valence-corrected chi connectivity index (χ3v) is 5.25. The number of piperidine rings is 1. The number of hydrogen-bond donors (Lipinski definition) is 1. The number of fused-ring (bicyclic) bond motifs is 1. The van der Waals surface area contributed by atoms with Crippen LogP contribution in [0, 0.1) is 13.5 Å². The third-order valence-electron chi connectivity index (χ3n) is 5.25. The summed E-state index contributed by atoms with van der Waals surface area (Å²) in [5.74, 6) is 1.01. The highest BCUT2D eigenvalue weighted by atomic mass is 15.3. The largest absolute Gasteiger partial charge is 0.341 e. The van der Waals surface area contributed by atoms with Crippen molar-refractivity contribution in [2.24, 2.45) is 0 Å². The molecule has 6 nitrogen and oxygen atoms in total. The van der Waals surface area contributed by atoms with E-state index in [1.54, 1.807) is 6.20 Å². The van der Waals surface area contributed by atoms with E-state index in [2.05, 4.69) is 49.7 Å². The van der Waals surface area contributed by atoms with E-state index >= 15 is 0 Å². The lowest BCUT2D eigenvalue weighted by molar-refractivity contribution is 0.442. The lowest BCUT2D eigenvalue weighted by atomic mass is 10.1. The molecule has 138 valence electrons. The molecule has 0 radical (unpaired) electrons. The maximum Gasteiger partial charge on any atom is 0.206 e. The summed E-state index contributed by atoms with van der Waals surface area (Å²) in [5, 5.41) is 3.41. The first-order chi connectivity index (χ1) is 13.2. The summed E-state index contributed by atoms with van der Waals surface area (Å²) in [6.45, 7) is 11.8. The molecule has 0 unspecified atom stereocenters. The Morgan fingerprint density at radius 3 is 2.93 bits per heavy atom. The Hall–Kier alpha value is -2.91. The Morgan fingerprint density at radius 2 is 2.19 bits per heavy atom. The van der Waals surface area contributed by atoms with E-state index in [0.717, 1.165) is 42.2 Å². The van der Waals surface area contributed by atoms with Crippen molar-refractivity contribution in [2.75, 3.05) is 25.0 Å². The number of nitrogens with one attached hydrogen (secondary N) is 1. The van der Waals surface area contributed by atoms with Crippen LogP contribution in [0.25, 0.3) is 15.9 Å². The molecule has 0 amide bonds. The van der Waals surface area contributed by atoms with Crippen LogP contribution < -0.4 is 10.2 Å². The van der Waals surface area contributed by atoms with Crippen molar-refractivity contribution in [1.29, 1.82) is 0 Å². The summed E-state index contributed by atoms with van der Waals surface area (Å²) in [6, 6.07) is 10.7. The summed E-state index contributed by atoms with van der Waals surface area (Å²) < 4.78 is 2.26. The Bertz CT molecular complexity index is 982. The second kappa shape index (κ2) is 7.37. The molecular weight excluding hydrogens is 336 g/mol. The van der Waals surface area contributed by atoms with Gasteiger partial charge in [-0.3, -0.25) is 4.98 Å². The molecule has 0 aliphatic carbocycles. The number of anilines is 1. The van der Waals surface area contributed by atoms with Crippen molar-refractivity contribution in [2.45, 2.75) is 32.4 Å². The molecule has 1 fully saturated rings. The molecule has 1 atom stereocenters. The van der Waals surface area contributed by atoms with E-state index in [4.69, 9.17) is 11.6 Å². The first kappa shape index (κ1) is 17.5. The first-order valence-corrected chi connectivity index (χ1v) is 9.39. The van der Waals surface area contributed by atoms with Crippen LogP contribution in [0.2, 0.25) is 0 Å². The molecule has 1 N–H and O–H groups in total. The number of likely N-dealkylation sites (N-methyl/N-ethyl adjacent to an activating group) is 1. The normalized spacial score (nSPS) is 17.2. The van der Waals surface area contributed by atoms with Gasteiger partial charge < -0.3 is 14.8 Å². The molecule has 27 heavy (non-hydrogen) atoms. The van der Waals surface area contributed by atoms with E-state index in [0.29, 0.717) is 18.3 Å². The van der Waals surface area contributed by atoms with Gasteiger partial charge in [0.2, 0.25) is 11.6 Å². The van der Waals surface area contributed by atoms with E-state index in [1.165, 1.54) is 12.0 Å². The molecule has 0 saturated carbocycles. The summed E-state index contributed by atoms with van der Waals surface area (Å²) in [4.78, 5) is 15.3. The van der Waals surface area contributed by atoms with Crippen molar-refractivity contribution in [3.8, 4) is 0 Å². The number of aryl methyl sites for hydroxylation is 1. The summed E-state index contributed by atoms with van der Waals surface area (Å²) in [5.41, 5.74) is 4.86. The van der Waals surface area contributed by atoms with E-state index in [1.807, 2.05) is 19.2 Å². The van der Waals surface area contributed by atoms with Gasteiger partial charge >= 0.3 is 0 Å². The standard InChI is InChI=1S/C21H24N6/c1-15-6-9-20-19(11-15)25-21(26-10-4-5-17(13-26)23-3)27(20)14-18-8-7-16(22-2)12-24-18/h6-9,11-12,17,23H,4-5,10,13-14H2,1,3H3/t17-/m0/s1. The topological polar surface area (TPSA) is 50.3 Å². The lowest BCUT2D eigenvalue weighted by Gasteiger charge is -2.33. The third kappa shape index (κ3) is 3.51. The summed E-state index contributed by atoms with van der Waals surface area (Å²) in [7, 11) is 2.03. The van der Waals surface area contributed by atoms with E-state index in [9.17, 15) is 0 Å². The number of imidazole rings is 1. The second-order valence-corrected chi connectivity index (χ2v) is 7.18. The lowest BCUT2D eigenvalue weighted by Crippen LogP contribution is -2.45. The number of nitrogens with zero attached hydrogens (tertiary/aromatic N) is 5. The van der Waals surface area contributed by atoms with E-state index < -0.39 is 0 Å². The molecule has 0 spiro atoms.